The Bertz CT molecular complexity index is 511. The Morgan fingerprint density at radius 1 is 1.29 bits per heavy atom. The maximum absolute atomic E-state index is 12.9. The summed E-state index contributed by atoms with van der Waals surface area (Å²) in [6.45, 7) is 2.50. The number of anilines is 1. The Morgan fingerprint density at radius 2 is 2.05 bits per heavy atom. The molecule has 0 unspecified atom stereocenters. The van der Waals surface area contributed by atoms with E-state index in [1.54, 1.807) is 4.90 Å². The van der Waals surface area contributed by atoms with Crippen LogP contribution >= 0.6 is 0 Å². The number of aryl methyl sites for hydroxylation is 1. The summed E-state index contributed by atoms with van der Waals surface area (Å²) >= 11 is 0. The minimum absolute atomic E-state index is 0.0701. The highest BCUT2D eigenvalue weighted by molar-refractivity contribution is 5.94. The van der Waals surface area contributed by atoms with E-state index in [0.717, 1.165) is 49.8 Å². The van der Waals surface area contributed by atoms with Crippen LogP contribution in [0.1, 0.15) is 50.2 Å². The zero-order valence-corrected chi connectivity index (χ0v) is 12.2. The van der Waals surface area contributed by atoms with Crippen molar-refractivity contribution in [1.82, 2.24) is 0 Å². The lowest BCUT2D eigenvalue weighted by atomic mass is 10.0. The van der Waals surface area contributed by atoms with Crippen molar-refractivity contribution in [1.29, 1.82) is 0 Å². The number of nitrogens with zero attached hydrogens (tertiary/aromatic N) is 1. The van der Waals surface area contributed by atoms with Crippen molar-refractivity contribution in [2.75, 3.05) is 11.4 Å². The zero-order chi connectivity index (χ0) is 15.5. The molecule has 0 saturated carbocycles. The number of alkyl halides is 3. The number of hydrogen-bond acceptors (Lipinski definition) is 1. The molecule has 5 heteroatoms. The molecule has 0 bridgehead atoms. The molecule has 0 N–H and O–H groups in total. The summed E-state index contributed by atoms with van der Waals surface area (Å²) in [4.78, 5) is 13.8. The fourth-order valence-electron chi connectivity index (χ4n) is 2.63. The van der Waals surface area contributed by atoms with Gasteiger partial charge in [-0.25, -0.2) is 0 Å². The van der Waals surface area contributed by atoms with Gasteiger partial charge in [0.15, 0.2) is 0 Å². The predicted molar refractivity (Wildman–Crippen MR) is 76.3 cm³/mol. The molecule has 21 heavy (non-hydrogen) atoms. The van der Waals surface area contributed by atoms with Gasteiger partial charge in [-0.15, -0.1) is 0 Å². The number of carbonyl (C=O) groups excluding carboxylic acids is 1. The van der Waals surface area contributed by atoms with Gasteiger partial charge in [-0.2, -0.15) is 13.2 Å². The summed E-state index contributed by atoms with van der Waals surface area (Å²) in [6.07, 6.45) is 0.138. The molecule has 1 amide bonds. The van der Waals surface area contributed by atoms with E-state index in [1.165, 1.54) is 6.07 Å². The Hall–Kier alpha value is -1.52. The molecule has 2 rings (SSSR count). The first-order valence-corrected chi connectivity index (χ1v) is 7.44. The quantitative estimate of drug-likeness (QED) is 0.801. The minimum Gasteiger partial charge on any atom is -0.312 e. The molecule has 0 atom stereocenters. The molecule has 1 aliphatic heterocycles. The van der Waals surface area contributed by atoms with Gasteiger partial charge in [0.2, 0.25) is 5.91 Å². The van der Waals surface area contributed by atoms with E-state index in [1.807, 2.05) is 6.92 Å². The van der Waals surface area contributed by atoms with Crippen molar-refractivity contribution in [2.45, 2.75) is 51.6 Å². The Labute approximate surface area is 122 Å². The van der Waals surface area contributed by atoms with Crippen LogP contribution < -0.4 is 4.90 Å². The molecule has 0 saturated heterocycles. The maximum atomic E-state index is 12.9. The van der Waals surface area contributed by atoms with E-state index in [4.69, 9.17) is 0 Å². The van der Waals surface area contributed by atoms with Gasteiger partial charge >= 0.3 is 6.18 Å². The minimum atomic E-state index is -4.38. The summed E-state index contributed by atoms with van der Waals surface area (Å²) in [5.74, 6) is -0.0701. The topological polar surface area (TPSA) is 20.3 Å². The van der Waals surface area contributed by atoms with E-state index >= 15 is 0 Å². The molecule has 0 aromatic heterocycles. The second-order valence-corrected chi connectivity index (χ2v) is 5.45. The molecule has 0 fully saturated rings. The molecule has 0 spiro atoms. The largest absolute Gasteiger partial charge is 0.416 e. The van der Waals surface area contributed by atoms with Crippen molar-refractivity contribution in [3.63, 3.8) is 0 Å². The van der Waals surface area contributed by atoms with Crippen molar-refractivity contribution >= 4 is 11.6 Å². The maximum Gasteiger partial charge on any atom is 0.416 e. The molecule has 1 aromatic carbocycles. The number of unbranched alkanes of at least 4 members (excludes halogenated alkanes) is 1. The van der Waals surface area contributed by atoms with Gasteiger partial charge < -0.3 is 4.90 Å². The third kappa shape index (κ3) is 3.77. The molecule has 1 aliphatic rings. The normalized spacial score (nSPS) is 15.5. The van der Waals surface area contributed by atoms with Crippen LogP contribution in [0.2, 0.25) is 0 Å². The molecule has 2 nitrogen and oxygen atoms in total. The van der Waals surface area contributed by atoms with E-state index < -0.39 is 11.7 Å². The lowest BCUT2D eigenvalue weighted by Gasteiger charge is -2.24. The van der Waals surface area contributed by atoms with E-state index in [0.29, 0.717) is 18.7 Å². The van der Waals surface area contributed by atoms with Gasteiger partial charge in [-0.1, -0.05) is 19.4 Å². The van der Waals surface area contributed by atoms with Crippen LogP contribution in [0.5, 0.6) is 0 Å². The molecule has 0 aliphatic carbocycles. The van der Waals surface area contributed by atoms with Crippen LogP contribution in [0.3, 0.4) is 0 Å². The summed E-state index contributed by atoms with van der Waals surface area (Å²) in [5, 5.41) is 0. The number of fused-ring (bicyclic) bond motifs is 1. The molecule has 1 aromatic rings. The number of carbonyl (C=O) groups is 1. The first kappa shape index (κ1) is 15.9. The predicted octanol–water partition coefficient (Wildman–Crippen LogP) is 4.56. The monoisotopic (exact) mass is 299 g/mol. The summed E-state index contributed by atoms with van der Waals surface area (Å²) in [7, 11) is 0. The fourth-order valence-corrected chi connectivity index (χ4v) is 2.63. The second-order valence-electron chi connectivity index (χ2n) is 5.45. The van der Waals surface area contributed by atoms with Crippen LogP contribution in [0.4, 0.5) is 18.9 Å². The van der Waals surface area contributed by atoms with Crippen LogP contribution in [0, 0.1) is 0 Å². The van der Waals surface area contributed by atoms with Crippen molar-refractivity contribution in [3.8, 4) is 0 Å². The van der Waals surface area contributed by atoms with Crippen LogP contribution in [-0.2, 0) is 17.4 Å². The fraction of sp³-hybridized carbons (Fsp3) is 0.562. The highest BCUT2D eigenvalue weighted by atomic mass is 19.4. The average Bonchev–Trinajstić information content (AvgIpc) is 2.65. The van der Waals surface area contributed by atoms with Gasteiger partial charge in [-0.3, -0.25) is 4.79 Å². The summed E-state index contributed by atoms with van der Waals surface area (Å²) < 4.78 is 38.7. The van der Waals surface area contributed by atoms with Gasteiger partial charge in [-0.05, 0) is 43.4 Å². The lowest BCUT2D eigenvalue weighted by Crippen LogP contribution is -2.31. The van der Waals surface area contributed by atoms with E-state index in [9.17, 15) is 18.0 Å². The zero-order valence-electron chi connectivity index (χ0n) is 12.2. The van der Waals surface area contributed by atoms with E-state index in [2.05, 4.69) is 0 Å². The summed E-state index contributed by atoms with van der Waals surface area (Å²) in [5.41, 5.74) is 0.602. The SMILES string of the molecule is CCCCC(=O)N1CCCCc2ccc(C(F)(F)F)cc21. The molecule has 1 heterocycles. The molecule has 116 valence electrons. The number of hydrogen-bond donors (Lipinski definition) is 0. The van der Waals surface area contributed by atoms with Crippen molar-refractivity contribution in [2.24, 2.45) is 0 Å². The Balaban J connectivity index is 2.35. The van der Waals surface area contributed by atoms with Gasteiger partial charge in [0.1, 0.15) is 0 Å². The van der Waals surface area contributed by atoms with E-state index in [-0.39, 0.29) is 5.91 Å². The molecule has 0 radical (unpaired) electrons. The standard InChI is InChI=1S/C16H20F3NO/c1-2-3-7-15(21)20-10-5-4-6-12-8-9-13(11-14(12)20)16(17,18)19/h8-9,11H,2-7,10H2,1H3. The van der Waals surface area contributed by atoms with Gasteiger partial charge in [0.05, 0.1) is 5.56 Å². The van der Waals surface area contributed by atoms with Crippen LogP contribution in [0.25, 0.3) is 0 Å². The lowest BCUT2D eigenvalue weighted by molar-refractivity contribution is -0.137. The van der Waals surface area contributed by atoms with Crippen molar-refractivity contribution < 1.29 is 18.0 Å². The number of halogens is 3. The van der Waals surface area contributed by atoms with Gasteiger partial charge in [0.25, 0.3) is 0 Å². The van der Waals surface area contributed by atoms with Crippen molar-refractivity contribution in [3.05, 3.63) is 29.3 Å². The highest BCUT2D eigenvalue weighted by Crippen LogP contribution is 2.35. The smallest absolute Gasteiger partial charge is 0.312 e. The van der Waals surface area contributed by atoms with Crippen LogP contribution in [0.15, 0.2) is 18.2 Å². The number of amides is 1. The Kier molecular flexibility index (Phi) is 4.91. The first-order chi connectivity index (χ1) is 9.93. The number of benzene rings is 1. The third-order valence-corrected chi connectivity index (χ3v) is 3.83. The number of rotatable bonds is 3. The summed E-state index contributed by atoms with van der Waals surface area (Å²) in [6, 6.07) is 3.76. The second kappa shape index (κ2) is 6.50. The molecular weight excluding hydrogens is 279 g/mol. The highest BCUT2D eigenvalue weighted by Gasteiger charge is 2.32. The van der Waals surface area contributed by atoms with Crippen LogP contribution in [-0.4, -0.2) is 12.5 Å². The van der Waals surface area contributed by atoms with Gasteiger partial charge in [0, 0.05) is 18.7 Å². The Morgan fingerprint density at radius 3 is 2.71 bits per heavy atom. The third-order valence-electron chi connectivity index (χ3n) is 3.83. The molecular formula is C16H20F3NO. The first-order valence-electron chi connectivity index (χ1n) is 7.44. The average molecular weight is 299 g/mol.